The number of nitrogens with zero attached hydrogens (tertiary/aromatic N) is 7. The zero-order valence-electron chi connectivity index (χ0n) is 35.3. The minimum atomic E-state index is -3.95. The van der Waals surface area contributed by atoms with Crippen molar-refractivity contribution in [2.45, 2.75) is 59.8 Å². The molecule has 0 amide bonds. The lowest BCUT2D eigenvalue weighted by Crippen LogP contribution is -2.13. The highest BCUT2D eigenvalue weighted by atomic mass is 32.2. The number of rotatable bonds is 10. The number of aromatic amines is 1. The number of H-pyrrole nitrogens is 1. The van der Waals surface area contributed by atoms with E-state index in [0.717, 1.165) is 31.7 Å². The van der Waals surface area contributed by atoms with Gasteiger partial charge in [0.15, 0.2) is 31.0 Å². The molecule has 0 saturated heterocycles. The first-order chi connectivity index (χ1) is 30.5. The fourth-order valence-corrected chi connectivity index (χ4v) is 10.2. The van der Waals surface area contributed by atoms with E-state index in [4.69, 9.17) is 9.97 Å². The summed E-state index contributed by atoms with van der Waals surface area (Å²) < 4.78 is 77.8. The average molecular weight is 911 g/mol. The van der Waals surface area contributed by atoms with Crippen molar-refractivity contribution < 1.29 is 25.3 Å². The number of pyridine rings is 2. The lowest BCUT2D eigenvalue weighted by Gasteiger charge is -2.09. The Hall–Kier alpha value is -6.95. The second-order valence-electron chi connectivity index (χ2n) is 15.5. The van der Waals surface area contributed by atoms with E-state index in [1.165, 1.54) is 12.4 Å². The molecule has 0 spiro atoms. The van der Waals surface area contributed by atoms with Crippen LogP contribution in [0.4, 0.5) is 0 Å². The maximum absolute atomic E-state index is 13.6. The second kappa shape index (κ2) is 17.3. The summed E-state index contributed by atoms with van der Waals surface area (Å²) in [5.74, 6) is 0. The van der Waals surface area contributed by atoms with Crippen molar-refractivity contribution in [1.29, 1.82) is 0 Å². The number of benzene rings is 3. The molecule has 0 bridgehead atoms. The predicted molar refractivity (Wildman–Crippen MR) is 247 cm³/mol. The standard InChI is InChI=1S/C27H24N4O4S2.C20H18N4O2S/c1-18(2)36(32,33)22-12-8-20(9-13-22)25-16-29-27-26(30-25)24(21-5-4-14-28-15-21)17-31(27)37(34,35)23-10-6-19(3)7-11-23;1-13(2)27(25,26)16-7-5-14(6-8-16)18-12-23-20-19(24-18)17(11-22-20)15-4-3-9-21-10-15/h4-18H,1-3H3;3-13H,1-2H3,(H,22,23). The largest absolute Gasteiger partial charge is 0.344 e. The number of fused-ring (bicyclic) bond motifs is 2. The van der Waals surface area contributed by atoms with Crippen LogP contribution < -0.4 is 0 Å². The molecule has 14 nitrogen and oxygen atoms in total. The summed E-state index contributed by atoms with van der Waals surface area (Å²) in [6.07, 6.45) is 13.3. The van der Waals surface area contributed by atoms with E-state index in [0.29, 0.717) is 44.1 Å². The van der Waals surface area contributed by atoms with Crippen molar-refractivity contribution in [2.75, 3.05) is 0 Å². The second-order valence-corrected chi connectivity index (χ2v) is 22.3. The molecule has 0 radical (unpaired) electrons. The fourth-order valence-electron chi connectivity index (χ4n) is 6.79. The molecule has 0 saturated carbocycles. The molecule has 0 atom stereocenters. The van der Waals surface area contributed by atoms with Crippen LogP contribution in [-0.4, -0.2) is 74.6 Å². The third-order valence-corrected chi connectivity index (χ3v) is 16.6. The van der Waals surface area contributed by atoms with Crippen molar-refractivity contribution >= 4 is 52.0 Å². The quantitative estimate of drug-likeness (QED) is 0.137. The van der Waals surface area contributed by atoms with E-state index in [1.54, 1.807) is 138 Å². The van der Waals surface area contributed by atoms with Gasteiger partial charge in [-0.05, 0) is 83.1 Å². The van der Waals surface area contributed by atoms with E-state index < -0.39 is 40.2 Å². The molecule has 0 aliphatic rings. The summed E-state index contributed by atoms with van der Waals surface area (Å²) in [4.78, 5) is 30.6. The zero-order chi connectivity index (χ0) is 45.4. The van der Waals surface area contributed by atoms with Crippen molar-refractivity contribution in [3.05, 3.63) is 152 Å². The topological polar surface area (TPSA) is 200 Å². The summed E-state index contributed by atoms with van der Waals surface area (Å²) in [7, 11) is -10.7. The SMILES string of the molecule is CC(C)S(=O)(=O)c1ccc(-c2cnc3[nH]cc(-c4cccnc4)c3n2)cc1.Cc1ccc(S(=O)(=O)n2cc(-c3cccnc3)c3nc(-c4ccc(S(=O)(=O)C(C)C)cc4)cnc32)cc1. The zero-order valence-corrected chi connectivity index (χ0v) is 37.8. The van der Waals surface area contributed by atoms with Crippen molar-refractivity contribution in [3.63, 3.8) is 0 Å². The van der Waals surface area contributed by atoms with Crippen molar-refractivity contribution in [2.24, 2.45) is 0 Å². The Labute approximate surface area is 371 Å². The Morgan fingerprint density at radius 3 is 1.52 bits per heavy atom. The van der Waals surface area contributed by atoms with Crippen LogP contribution in [-0.2, 0) is 29.7 Å². The van der Waals surface area contributed by atoms with Gasteiger partial charge in [-0.2, -0.15) is 0 Å². The molecule has 0 aliphatic carbocycles. The number of aromatic nitrogens is 8. The molecular formula is C47H42N8O6S3. The molecule has 6 aromatic heterocycles. The molecule has 9 rings (SSSR count). The molecule has 6 heterocycles. The van der Waals surface area contributed by atoms with Crippen LogP contribution in [0.2, 0.25) is 0 Å². The fraction of sp³-hybridized carbons (Fsp3) is 0.149. The third-order valence-electron chi connectivity index (χ3n) is 10.6. The smallest absolute Gasteiger partial charge is 0.269 e. The van der Waals surface area contributed by atoms with Gasteiger partial charge in [-0.25, -0.2) is 49.2 Å². The van der Waals surface area contributed by atoms with Gasteiger partial charge in [-0.1, -0.05) is 54.1 Å². The van der Waals surface area contributed by atoms with Gasteiger partial charge < -0.3 is 4.98 Å². The summed E-state index contributed by atoms with van der Waals surface area (Å²) in [6.45, 7) is 8.51. The number of hydrogen-bond acceptors (Lipinski definition) is 12. The third kappa shape index (κ3) is 8.44. The highest BCUT2D eigenvalue weighted by Gasteiger charge is 2.25. The van der Waals surface area contributed by atoms with E-state index in [2.05, 4.69) is 24.9 Å². The monoisotopic (exact) mass is 910 g/mol. The predicted octanol–water partition coefficient (Wildman–Crippen LogP) is 8.76. The van der Waals surface area contributed by atoms with Crippen LogP contribution in [0, 0.1) is 6.92 Å². The average Bonchev–Trinajstić information content (AvgIpc) is 3.92. The lowest BCUT2D eigenvalue weighted by molar-refractivity contribution is 0.586. The molecule has 0 unspecified atom stereocenters. The van der Waals surface area contributed by atoms with E-state index in [1.807, 2.05) is 31.3 Å². The van der Waals surface area contributed by atoms with Gasteiger partial charge in [0, 0.05) is 70.6 Å². The van der Waals surface area contributed by atoms with Crippen LogP contribution >= 0.6 is 0 Å². The van der Waals surface area contributed by atoms with Crippen LogP contribution in [0.25, 0.3) is 67.1 Å². The minimum Gasteiger partial charge on any atom is -0.344 e. The van der Waals surface area contributed by atoms with Gasteiger partial charge in [0.1, 0.15) is 11.0 Å². The molecule has 0 aliphatic heterocycles. The normalized spacial score (nSPS) is 12.2. The maximum Gasteiger partial charge on any atom is 0.269 e. The van der Waals surface area contributed by atoms with Gasteiger partial charge in [0.2, 0.25) is 0 Å². The first-order valence-corrected chi connectivity index (χ1v) is 24.6. The van der Waals surface area contributed by atoms with Crippen LogP contribution in [0.1, 0.15) is 33.3 Å². The highest BCUT2D eigenvalue weighted by molar-refractivity contribution is 7.92. The van der Waals surface area contributed by atoms with Crippen molar-refractivity contribution in [3.8, 4) is 44.8 Å². The molecular weight excluding hydrogens is 869 g/mol. The van der Waals surface area contributed by atoms with Gasteiger partial charge in [-0.15, -0.1) is 0 Å². The molecule has 324 valence electrons. The molecule has 0 fully saturated rings. The molecule has 3 aromatic carbocycles. The van der Waals surface area contributed by atoms with E-state index in [9.17, 15) is 25.3 Å². The van der Waals surface area contributed by atoms with Gasteiger partial charge in [-0.3, -0.25) is 9.97 Å². The first-order valence-electron chi connectivity index (χ1n) is 20.1. The lowest BCUT2D eigenvalue weighted by atomic mass is 10.1. The van der Waals surface area contributed by atoms with Crippen LogP contribution in [0.15, 0.2) is 161 Å². The Balaban J connectivity index is 0.000000184. The van der Waals surface area contributed by atoms with Crippen LogP contribution in [0.5, 0.6) is 0 Å². The van der Waals surface area contributed by atoms with Gasteiger partial charge >= 0.3 is 0 Å². The number of sulfone groups is 2. The molecule has 17 heteroatoms. The number of hydrogen-bond donors (Lipinski definition) is 1. The maximum atomic E-state index is 13.6. The van der Waals surface area contributed by atoms with Crippen molar-refractivity contribution in [1.82, 2.24) is 38.9 Å². The summed E-state index contributed by atoms with van der Waals surface area (Å²) in [5, 5.41) is -0.992. The van der Waals surface area contributed by atoms with E-state index >= 15 is 0 Å². The molecule has 9 aromatic rings. The summed E-state index contributed by atoms with van der Waals surface area (Å²) >= 11 is 0. The van der Waals surface area contributed by atoms with Gasteiger partial charge in [0.05, 0.1) is 49.0 Å². The number of nitrogens with one attached hydrogen (secondary N) is 1. The minimum absolute atomic E-state index is 0.139. The Bertz CT molecular complexity index is 3470. The summed E-state index contributed by atoms with van der Waals surface area (Å²) in [5.41, 5.74) is 8.72. The first kappa shape index (κ1) is 43.7. The van der Waals surface area contributed by atoms with E-state index in [-0.39, 0.29) is 15.4 Å². The highest BCUT2D eigenvalue weighted by Crippen LogP contribution is 2.33. The summed E-state index contributed by atoms with van der Waals surface area (Å²) in [6, 6.07) is 27.3. The Morgan fingerprint density at radius 1 is 0.531 bits per heavy atom. The molecule has 1 N–H and O–H groups in total. The number of aryl methyl sites for hydroxylation is 1. The van der Waals surface area contributed by atoms with Gasteiger partial charge in [0.25, 0.3) is 10.0 Å². The Kier molecular flexibility index (Phi) is 11.8. The Morgan fingerprint density at radius 2 is 1.02 bits per heavy atom. The molecule has 64 heavy (non-hydrogen) atoms. The van der Waals surface area contributed by atoms with Crippen LogP contribution in [0.3, 0.4) is 0 Å².